The summed E-state index contributed by atoms with van der Waals surface area (Å²) in [6.45, 7) is 2.54. The second-order valence-corrected chi connectivity index (χ2v) is 6.25. The minimum Gasteiger partial charge on any atom is -0.497 e. The van der Waals surface area contributed by atoms with Gasteiger partial charge in [-0.25, -0.2) is 0 Å². The van der Waals surface area contributed by atoms with Crippen molar-refractivity contribution in [2.75, 3.05) is 20.7 Å². The number of hydrogen-bond acceptors (Lipinski definition) is 4. The van der Waals surface area contributed by atoms with Crippen molar-refractivity contribution >= 4 is 11.6 Å². The van der Waals surface area contributed by atoms with Gasteiger partial charge >= 0.3 is 0 Å². The molecule has 0 spiro atoms. The summed E-state index contributed by atoms with van der Waals surface area (Å²) in [6.07, 6.45) is 0.576. The molecule has 1 unspecified atom stereocenters. The van der Waals surface area contributed by atoms with E-state index in [1.807, 2.05) is 12.1 Å². The van der Waals surface area contributed by atoms with E-state index in [-0.39, 0.29) is 12.0 Å². The number of carbonyl (C=O) groups excluding carboxylic acids is 1. The summed E-state index contributed by atoms with van der Waals surface area (Å²) in [5.74, 6) is 0.685. The van der Waals surface area contributed by atoms with Gasteiger partial charge in [-0.15, -0.1) is 0 Å². The minimum absolute atomic E-state index is 0.0463. The van der Waals surface area contributed by atoms with Crippen LogP contribution in [0.2, 0.25) is 0 Å². The van der Waals surface area contributed by atoms with Crippen molar-refractivity contribution in [2.45, 2.75) is 19.4 Å². The van der Waals surface area contributed by atoms with Crippen molar-refractivity contribution in [3.05, 3.63) is 65.2 Å². The highest BCUT2D eigenvalue weighted by molar-refractivity contribution is 6.01. The Morgan fingerprint density at radius 3 is 2.52 bits per heavy atom. The number of benzene rings is 2. The molecule has 0 aliphatic carbocycles. The lowest BCUT2D eigenvalue weighted by molar-refractivity contribution is 0.0482. The molecule has 25 heavy (non-hydrogen) atoms. The highest BCUT2D eigenvalue weighted by Crippen LogP contribution is 2.19. The number of aryl methyl sites for hydroxylation is 1. The Morgan fingerprint density at radius 2 is 1.88 bits per heavy atom. The van der Waals surface area contributed by atoms with Gasteiger partial charge in [0.15, 0.2) is 6.10 Å². The molecule has 0 bridgehead atoms. The number of hydrogen-bond donors (Lipinski definition) is 0. The Labute approximate surface area is 147 Å². The Bertz CT molecular complexity index is 767. The maximum absolute atomic E-state index is 12.5. The summed E-state index contributed by atoms with van der Waals surface area (Å²) >= 11 is 0. The fourth-order valence-corrected chi connectivity index (χ4v) is 2.79. The monoisotopic (exact) mass is 338 g/mol. The van der Waals surface area contributed by atoms with Crippen LogP contribution in [-0.2, 0) is 4.84 Å². The summed E-state index contributed by atoms with van der Waals surface area (Å²) in [4.78, 5) is 19.7. The van der Waals surface area contributed by atoms with Crippen molar-refractivity contribution in [3.8, 4) is 5.75 Å². The topological polar surface area (TPSA) is 51.1 Å². The van der Waals surface area contributed by atoms with Gasteiger partial charge in [-0.2, -0.15) is 0 Å². The SMILES string of the molecule is COc1ccc(C(=O)N(C)CC2CC(c3ccc(C)cc3)=NO2)cc1. The Morgan fingerprint density at radius 1 is 1.20 bits per heavy atom. The minimum atomic E-state index is -0.122. The summed E-state index contributed by atoms with van der Waals surface area (Å²) in [7, 11) is 3.38. The molecule has 0 radical (unpaired) electrons. The van der Waals surface area contributed by atoms with Crippen molar-refractivity contribution in [2.24, 2.45) is 5.16 Å². The van der Waals surface area contributed by atoms with Gasteiger partial charge < -0.3 is 14.5 Å². The molecule has 1 aliphatic rings. The van der Waals surface area contributed by atoms with Crippen LogP contribution in [0.1, 0.15) is 27.9 Å². The Hall–Kier alpha value is -2.82. The van der Waals surface area contributed by atoms with E-state index in [4.69, 9.17) is 9.57 Å². The van der Waals surface area contributed by atoms with Crippen LogP contribution in [0.3, 0.4) is 0 Å². The molecule has 5 nitrogen and oxygen atoms in total. The van der Waals surface area contributed by atoms with Gasteiger partial charge in [-0.3, -0.25) is 4.79 Å². The maximum Gasteiger partial charge on any atom is 0.253 e. The molecule has 0 saturated heterocycles. The van der Waals surface area contributed by atoms with E-state index < -0.39 is 0 Å². The van der Waals surface area contributed by atoms with E-state index >= 15 is 0 Å². The fourth-order valence-electron chi connectivity index (χ4n) is 2.79. The highest BCUT2D eigenvalue weighted by atomic mass is 16.6. The zero-order valence-electron chi connectivity index (χ0n) is 14.7. The molecule has 2 aromatic carbocycles. The number of rotatable bonds is 5. The summed E-state index contributed by atoms with van der Waals surface area (Å²) in [6, 6.07) is 15.3. The van der Waals surface area contributed by atoms with Crippen LogP contribution in [0.4, 0.5) is 0 Å². The van der Waals surface area contributed by atoms with E-state index in [0.29, 0.717) is 18.5 Å². The quantitative estimate of drug-likeness (QED) is 0.841. The standard InChI is InChI=1S/C20H22N2O3/c1-14-4-6-15(7-5-14)19-12-18(25-21-19)13-22(2)20(23)16-8-10-17(24-3)11-9-16/h4-11,18H,12-13H2,1-3H3. The maximum atomic E-state index is 12.5. The van der Waals surface area contributed by atoms with Crippen LogP contribution in [0.5, 0.6) is 5.75 Å². The van der Waals surface area contributed by atoms with Crippen LogP contribution < -0.4 is 4.74 Å². The first-order valence-electron chi connectivity index (χ1n) is 8.26. The molecular formula is C20H22N2O3. The molecule has 2 aromatic rings. The molecule has 1 heterocycles. The zero-order valence-corrected chi connectivity index (χ0v) is 14.7. The van der Waals surface area contributed by atoms with Crippen LogP contribution in [0.15, 0.2) is 53.7 Å². The van der Waals surface area contributed by atoms with Crippen LogP contribution in [0, 0.1) is 6.92 Å². The lowest BCUT2D eigenvalue weighted by atomic mass is 10.0. The largest absolute Gasteiger partial charge is 0.497 e. The third-order valence-corrected chi connectivity index (χ3v) is 4.28. The molecule has 0 fully saturated rings. The summed E-state index contributed by atoms with van der Waals surface area (Å²) in [5, 5.41) is 4.19. The number of likely N-dealkylation sites (N-methyl/N-ethyl adjacent to an activating group) is 1. The number of carbonyl (C=O) groups is 1. The van der Waals surface area contributed by atoms with Gasteiger partial charge in [-0.05, 0) is 36.8 Å². The van der Waals surface area contributed by atoms with Gasteiger partial charge in [0.1, 0.15) is 5.75 Å². The van der Waals surface area contributed by atoms with Crippen LogP contribution >= 0.6 is 0 Å². The van der Waals surface area contributed by atoms with Gasteiger partial charge in [0.2, 0.25) is 0 Å². The van der Waals surface area contributed by atoms with Gasteiger partial charge in [-0.1, -0.05) is 35.0 Å². The highest BCUT2D eigenvalue weighted by Gasteiger charge is 2.25. The van der Waals surface area contributed by atoms with Crippen molar-refractivity contribution in [1.82, 2.24) is 4.90 Å². The average molecular weight is 338 g/mol. The van der Waals surface area contributed by atoms with Crippen LogP contribution in [0.25, 0.3) is 0 Å². The lowest BCUT2D eigenvalue weighted by Crippen LogP contribution is -2.34. The molecule has 1 atom stereocenters. The first kappa shape index (κ1) is 17.0. The Kier molecular flexibility index (Phi) is 5.03. The molecule has 0 saturated carbocycles. The van der Waals surface area contributed by atoms with Gasteiger partial charge in [0, 0.05) is 19.0 Å². The first-order chi connectivity index (χ1) is 12.1. The van der Waals surface area contributed by atoms with Crippen molar-refractivity contribution < 1.29 is 14.4 Å². The van der Waals surface area contributed by atoms with E-state index in [9.17, 15) is 4.79 Å². The normalized spacial score (nSPS) is 16.1. The molecule has 1 aliphatic heterocycles. The zero-order chi connectivity index (χ0) is 17.8. The number of methoxy groups -OCH3 is 1. The fraction of sp³-hybridized carbons (Fsp3) is 0.300. The van der Waals surface area contributed by atoms with E-state index in [1.54, 1.807) is 43.3 Å². The summed E-state index contributed by atoms with van der Waals surface area (Å²) < 4.78 is 5.12. The van der Waals surface area contributed by atoms with Gasteiger partial charge in [0.25, 0.3) is 5.91 Å². The molecule has 1 amide bonds. The number of ether oxygens (including phenoxy) is 1. The third kappa shape index (κ3) is 3.99. The molecule has 3 rings (SSSR count). The van der Waals surface area contributed by atoms with Crippen molar-refractivity contribution in [1.29, 1.82) is 0 Å². The second-order valence-electron chi connectivity index (χ2n) is 6.25. The molecule has 0 aromatic heterocycles. The van der Waals surface area contributed by atoms with E-state index in [2.05, 4.69) is 24.2 Å². The lowest BCUT2D eigenvalue weighted by Gasteiger charge is -2.20. The number of amides is 1. The number of oxime groups is 1. The predicted octanol–water partition coefficient (Wildman–Crippen LogP) is 3.27. The summed E-state index contributed by atoms with van der Waals surface area (Å²) in [5.41, 5.74) is 3.83. The molecule has 0 N–H and O–H groups in total. The third-order valence-electron chi connectivity index (χ3n) is 4.28. The first-order valence-corrected chi connectivity index (χ1v) is 8.26. The second kappa shape index (κ2) is 7.38. The van der Waals surface area contributed by atoms with E-state index in [0.717, 1.165) is 17.0 Å². The van der Waals surface area contributed by atoms with Crippen LogP contribution in [-0.4, -0.2) is 43.3 Å². The van der Waals surface area contributed by atoms with Gasteiger partial charge in [0.05, 0.1) is 19.4 Å². The predicted molar refractivity (Wildman–Crippen MR) is 97.2 cm³/mol. The average Bonchev–Trinajstić information content (AvgIpc) is 3.10. The number of nitrogens with zero attached hydrogens (tertiary/aromatic N) is 2. The molecule has 130 valence electrons. The molecule has 5 heteroatoms. The van der Waals surface area contributed by atoms with E-state index in [1.165, 1.54) is 5.56 Å². The Balaban J connectivity index is 1.57. The molecular weight excluding hydrogens is 316 g/mol. The smallest absolute Gasteiger partial charge is 0.253 e. The van der Waals surface area contributed by atoms with Crippen molar-refractivity contribution in [3.63, 3.8) is 0 Å².